The van der Waals surface area contributed by atoms with Crippen molar-refractivity contribution in [3.63, 3.8) is 0 Å². The van der Waals surface area contributed by atoms with Crippen LogP contribution in [0.3, 0.4) is 0 Å². The molecule has 218 valence electrons. The predicted octanol–water partition coefficient (Wildman–Crippen LogP) is 3.96. The molecular weight excluding hydrogens is 536 g/mol. The number of nitrogens with zero attached hydrogens (tertiary/aromatic N) is 5. The number of hydrogen-bond donors (Lipinski definition) is 1. The molecule has 0 saturated heterocycles. The molecule has 0 spiro atoms. The second-order valence-corrected chi connectivity index (χ2v) is 12.2. The van der Waals surface area contributed by atoms with Gasteiger partial charge in [-0.25, -0.2) is 18.4 Å². The van der Waals surface area contributed by atoms with Crippen LogP contribution >= 0.6 is 0 Å². The molecule has 1 fully saturated rings. The molecule has 1 aliphatic carbocycles. The lowest BCUT2D eigenvalue weighted by molar-refractivity contribution is 0.00152. The molecule has 40 heavy (non-hydrogen) atoms. The van der Waals surface area contributed by atoms with Crippen molar-refractivity contribution < 1.29 is 27.4 Å². The molecule has 3 aromatic rings. The minimum atomic E-state index is -4.11. The van der Waals surface area contributed by atoms with Crippen LogP contribution in [0, 0.1) is 6.92 Å². The average molecular weight is 575 g/mol. The molecule has 2 heterocycles. The Kier molecular flexibility index (Phi) is 9.26. The normalized spacial score (nSPS) is 19.0. The SMILES string of the molecule is COc1cccc(OC)c1-n1c(NS(=O)(=O)C(C)C(OC(C)C)c2ncc(C)cn2)nnc1[C@@H]1CCC[C@H]1OC. The van der Waals surface area contributed by atoms with Gasteiger partial charge in [-0.05, 0) is 58.2 Å². The van der Waals surface area contributed by atoms with Gasteiger partial charge in [0.1, 0.15) is 34.4 Å². The van der Waals surface area contributed by atoms with E-state index in [0.717, 1.165) is 24.8 Å². The van der Waals surface area contributed by atoms with Gasteiger partial charge in [0.05, 0.1) is 26.4 Å². The van der Waals surface area contributed by atoms with Gasteiger partial charge >= 0.3 is 0 Å². The molecule has 1 N–H and O–H groups in total. The van der Waals surface area contributed by atoms with E-state index in [9.17, 15) is 8.42 Å². The van der Waals surface area contributed by atoms with Gasteiger partial charge in [-0.15, -0.1) is 10.2 Å². The van der Waals surface area contributed by atoms with E-state index < -0.39 is 21.4 Å². The van der Waals surface area contributed by atoms with Crippen LogP contribution in [0.25, 0.3) is 5.69 Å². The van der Waals surface area contributed by atoms with Crippen molar-refractivity contribution in [2.24, 2.45) is 0 Å². The van der Waals surface area contributed by atoms with Crippen LogP contribution in [0.15, 0.2) is 30.6 Å². The van der Waals surface area contributed by atoms with Crippen molar-refractivity contribution >= 4 is 16.0 Å². The van der Waals surface area contributed by atoms with Crippen LogP contribution in [-0.4, -0.2) is 71.9 Å². The van der Waals surface area contributed by atoms with Crippen molar-refractivity contribution in [1.29, 1.82) is 0 Å². The minimum absolute atomic E-state index is 0.000440. The van der Waals surface area contributed by atoms with Crippen molar-refractivity contribution in [2.45, 2.75) is 76.4 Å². The van der Waals surface area contributed by atoms with Gasteiger partial charge < -0.3 is 18.9 Å². The van der Waals surface area contributed by atoms with Crippen molar-refractivity contribution in [1.82, 2.24) is 24.7 Å². The lowest BCUT2D eigenvalue weighted by atomic mass is 10.0. The number of nitrogens with one attached hydrogen (secondary N) is 1. The Bertz CT molecular complexity index is 1370. The number of aromatic nitrogens is 5. The maximum atomic E-state index is 13.9. The maximum absolute atomic E-state index is 13.9. The van der Waals surface area contributed by atoms with Gasteiger partial charge in [-0.3, -0.25) is 9.29 Å². The molecule has 2 unspecified atom stereocenters. The molecule has 4 rings (SSSR count). The van der Waals surface area contributed by atoms with Gasteiger partial charge in [0, 0.05) is 25.4 Å². The molecule has 0 bridgehead atoms. The first-order valence-electron chi connectivity index (χ1n) is 13.3. The number of aryl methyl sites for hydroxylation is 1. The first-order valence-corrected chi connectivity index (χ1v) is 14.8. The van der Waals surface area contributed by atoms with Crippen LogP contribution in [0.4, 0.5) is 5.95 Å². The Morgan fingerprint density at radius 2 is 1.65 bits per heavy atom. The van der Waals surface area contributed by atoms with Crippen molar-refractivity contribution in [2.75, 3.05) is 26.1 Å². The zero-order chi connectivity index (χ0) is 29.0. The number of methoxy groups -OCH3 is 3. The topological polar surface area (TPSA) is 140 Å². The van der Waals surface area contributed by atoms with E-state index in [1.165, 1.54) is 14.2 Å². The largest absolute Gasteiger partial charge is 0.494 e. The smallest absolute Gasteiger partial charge is 0.243 e. The highest BCUT2D eigenvalue weighted by molar-refractivity contribution is 7.93. The zero-order valence-electron chi connectivity index (χ0n) is 24.0. The highest BCUT2D eigenvalue weighted by Gasteiger charge is 2.38. The molecule has 4 atom stereocenters. The van der Waals surface area contributed by atoms with Crippen molar-refractivity contribution in [3.05, 3.63) is 47.8 Å². The Hall–Kier alpha value is -3.29. The Labute approximate surface area is 235 Å². The standard InChI is InChI=1S/C27H38N6O6S/c1-16(2)39-24(25-28-14-17(3)15-29-25)18(4)40(34,35)32-27-31-30-26(19-10-8-11-20(19)36-5)33(27)23-21(37-6)12-9-13-22(23)38-7/h9,12-16,18-20,24H,8,10-11H2,1-7H3,(H,31,32)/t18?,19-,20-,24?/m1/s1. The first-order chi connectivity index (χ1) is 19.1. The summed E-state index contributed by atoms with van der Waals surface area (Å²) in [6, 6.07) is 5.33. The van der Waals surface area contributed by atoms with E-state index in [1.54, 1.807) is 49.2 Å². The molecule has 1 saturated carbocycles. The third-order valence-electron chi connectivity index (χ3n) is 7.02. The molecule has 1 aliphatic rings. The van der Waals surface area contributed by atoms with Gasteiger partial charge in [-0.1, -0.05) is 12.5 Å². The summed E-state index contributed by atoms with van der Waals surface area (Å²) in [7, 11) is 0.639. The highest BCUT2D eigenvalue weighted by Crippen LogP contribution is 2.42. The van der Waals surface area contributed by atoms with E-state index in [4.69, 9.17) is 18.9 Å². The van der Waals surface area contributed by atoms with E-state index in [-0.39, 0.29) is 29.9 Å². The Morgan fingerprint density at radius 1 is 1.00 bits per heavy atom. The second-order valence-electron chi connectivity index (χ2n) is 10.1. The average Bonchev–Trinajstić information content (AvgIpc) is 3.57. The fraction of sp³-hybridized carbons (Fsp3) is 0.556. The van der Waals surface area contributed by atoms with Gasteiger partial charge in [0.2, 0.25) is 16.0 Å². The number of sulfonamides is 1. The molecule has 12 nitrogen and oxygen atoms in total. The lowest BCUT2D eigenvalue weighted by Crippen LogP contribution is -2.35. The van der Waals surface area contributed by atoms with E-state index in [2.05, 4.69) is 24.9 Å². The molecule has 0 radical (unpaired) electrons. The zero-order valence-corrected chi connectivity index (χ0v) is 24.8. The number of ether oxygens (including phenoxy) is 4. The summed E-state index contributed by atoms with van der Waals surface area (Å²) in [4.78, 5) is 8.70. The molecule has 2 aromatic heterocycles. The van der Waals surface area contributed by atoms with Crippen LogP contribution in [-0.2, 0) is 19.5 Å². The Morgan fingerprint density at radius 3 is 2.23 bits per heavy atom. The van der Waals surface area contributed by atoms with Crippen molar-refractivity contribution in [3.8, 4) is 17.2 Å². The monoisotopic (exact) mass is 574 g/mol. The van der Waals surface area contributed by atoms with Crippen LogP contribution in [0.2, 0.25) is 0 Å². The number of benzene rings is 1. The quantitative estimate of drug-likeness (QED) is 0.338. The summed E-state index contributed by atoms with van der Waals surface area (Å²) in [6.45, 7) is 7.08. The number of anilines is 1. The molecular formula is C27H38N6O6S. The van der Waals surface area contributed by atoms with Crippen LogP contribution in [0.1, 0.15) is 69.3 Å². The molecule has 13 heteroatoms. The fourth-order valence-corrected chi connectivity index (χ4v) is 6.07. The summed E-state index contributed by atoms with van der Waals surface area (Å²) < 4.78 is 55.2. The molecule has 0 aliphatic heterocycles. The number of rotatable bonds is 12. The van der Waals surface area contributed by atoms with E-state index >= 15 is 0 Å². The maximum Gasteiger partial charge on any atom is 0.243 e. The summed E-state index contributed by atoms with van der Waals surface area (Å²) in [5.41, 5.74) is 1.34. The van der Waals surface area contributed by atoms with Gasteiger partial charge in [0.25, 0.3) is 0 Å². The third-order valence-corrected chi connectivity index (χ3v) is 8.72. The van der Waals surface area contributed by atoms with E-state index in [0.29, 0.717) is 23.0 Å². The number of para-hydroxylation sites is 1. The number of hydrogen-bond acceptors (Lipinski definition) is 10. The highest BCUT2D eigenvalue weighted by atomic mass is 32.2. The molecule has 1 aromatic carbocycles. The van der Waals surface area contributed by atoms with Gasteiger partial charge in [0.15, 0.2) is 5.82 Å². The molecule has 0 amide bonds. The summed E-state index contributed by atoms with van der Waals surface area (Å²) in [5.74, 6) is 1.65. The second kappa shape index (κ2) is 12.5. The minimum Gasteiger partial charge on any atom is -0.494 e. The van der Waals surface area contributed by atoms with Crippen LogP contribution in [0.5, 0.6) is 11.5 Å². The third kappa shape index (κ3) is 6.06. The fourth-order valence-electron chi connectivity index (χ4n) is 4.99. The summed E-state index contributed by atoms with van der Waals surface area (Å²) in [6.07, 6.45) is 4.60. The van der Waals surface area contributed by atoms with Crippen LogP contribution < -0.4 is 14.2 Å². The predicted molar refractivity (Wildman–Crippen MR) is 150 cm³/mol. The van der Waals surface area contributed by atoms with Gasteiger partial charge in [-0.2, -0.15) is 0 Å². The lowest BCUT2D eigenvalue weighted by Gasteiger charge is -2.26. The first kappa shape index (κ1) is 29.7. The summed E-state index contributed by atoms with van der Waals surface area (Å²) >= 11 is 0. The summed E-state index contributed by atoms with van der Waals surface area (Å²) in [5, 5.41) is 7.70. The Balaban J connectivity index is 1.81. The van der Waals surface area contributed by atoms with E-state index in [1.807, 2.05) is 20.8 Å².